The van der Waals surface area contributed by atoms with Crippen LogP contribution in [0.25, 0.3) is 0 Å². The third-order valence-corrected chi connectivity index (χ3v) is 10.8. The molecule has 1 atom stereocenters. The fraction of sp³-hybridized carbons (Fsp3) is 0.647. The highest BCUT2D eigenvalue weighted by atomic mass is 32.2. The van der Waals surface area contributed by atoms with E-state index in [9.17, 15) is 14.4 Å². The van der Waals surface area contributed by atoms with Gasteiger partial charge in [-0.25, -0.2) is 4.98 Å². The number of likely N-dealkylation sites (tertiary alicyclic amines) is 1. The van der Waals surface area contributed by atoms with Gasteiger partial charge in [-0.1, -0.05) is 55.3 Å². The van der Waals surface area contributed by atoms with Gasteiger partial charge in [-0.05, 0) is 50.2 Å². The molecule has 0 spiro atoms. The minimum Gasteiger partial charge on any atom is -0.466 e. The molecule has 2 saturated heterocycles. The van der Waals surface area contributed by atoms with Crippen molar-refractivity contribution in [3.8, 4) is 0 Å². The van der Waals surface area contributed by atoms with Gasteiger partial charge in [-0.15, -0.1) is 0 Å². The van der Waals surface area contributed by atoms with Crippen molar-refractivity contribution in [1.82, 2.24) is 19.4 Å². The number of benzene rings is 1. The topological polar surface area (TPSA) is 94.0 Å². The second-order valence-corrected chi connectivity index (χ2v) is 14.0. The first-order chi connectivity index (χ1) is 21.5. The van der Waals surface area contributed by atoms with Crippen molar-refractivity contribution in [2.45, 2.75) is 107 Å². The zero-order valence-corrected chi connectivity index (χ0v) is 26.8. The summed E-state index contributed by atoms with van der Waals surface area (Å²) in [6.07, 6.45) is 9.92. The number of ether oxygens (including phenoxy) is 2. The predicted octanol–water partition coefficient (Wildman–Crippen LogP) is 4.36. The molecule has 3 fully saturated rings. The number of hydrogen-bond donors (Lipinski definition) is 0. The Morgan fingerprint density at radius 3 is 2.55 bits per heavy atom. The summed E-state index contributed by atoms with van der Waals surface area (Å²) in [5.74, 6) is -0.0559. The highest BCUT2D eigenvalue weighted by molar-refractivity contribution is 7.99. The maximum Gasteiger partial charge on any atom is 0.306 e. The quantitative estimate of drug-likeness (QED) is 0.270. The molecule has 4 heterocycles. The Labute approximate surface area is 264 Å². The normalized spacial score (nSPS) is 21.2. The van der Waals surface area contributed by atoms with Gasteiger partial charge in [0.15, 0.2) is 5.16 Å². The first-order valence-electron chi connectivity index (χ1n) is 16.6. The number of amides is 1. The molecule has 9 nitrogen and oxygen atoms in total. The second-order valence-electron chi connectivity index (χ2n) is 12.8. The van der Waals surface area contributed by atoms with Gasteiger partial charge in [-0.2, -0.15) is 0 Å². The molecule has 1 saturated carbocycles. The van der Waals surface area contributed by atoms with E-state index in [1.807, 2.05) is 16.4 Å². The Balaban J connectivity index is 1.05. The molecule has 44 heavy (non-hydrogen) atoms. The summed E-state index contributed by atoms with van der Waals surface area (Å²) in [4.78, 5) is 48.4. The number of thioether (sulfide) groups is 1. The monoisotopic (exact) mass is 622 g/mol. The standard InChI is InChI=1S/C34H46N4O5S/c1-2-42-31(39)15-14-24-10-12-25(13-11-24)19-36-20-26(21-36)32(40)37-17-16-30-29(23-37)33(41)38(22-27-7-6-18-43-27)34(35-30)44-28-8-4-3-5-9-28/h10-13,26-28H,2-9,14-23H2,1H3/t27-/m1/s1. The van der Waals surface area contributed by atoms with E-state index in [1.54, 1.807) is 11.8 Å². The summed E-state index contributed by atoms with van der Waals surface area (Å²) < 4.78 is 12.8. The molecule has 0 bridgehead atoms. The van der Waals surface area contributed by atoms with Crippen molar-refractivity contribution in [3.63, 3.8) is 0 Å². The molecule has 4 aliphatic rings. The molecule has 1 aromatic carbocycles. The van der Waals surface area contributed by atoms with Gasteiger partial charge in [0.05, 0.1) is 43.0 Å². The molecule has 1 amide bonds. The van der Waals surface area contributed by atoms with Gasteiger partial charge in [0, 0.05) is 50.9 Å². The summed E-state index contributed by atoms with van der Waals surface area (Å²) >= 11 is 1.78. The van der Waals surface area contributed by atoms with Crippen LogP contribution in [0.5, 0.6) is 0 Å². The first kappa shape index (κ1) is 31.3. The zero-order valence-electron chi connectivity index (χ0n) is 26.0. The largest absolute Gasteiger partial charge is 0.466 e. The Hall–Kier alpha value is -2.69. The molecule has 2 aromatic rings. The van der Waals surface area contributed by atoms with E-state index in [1.165, 1.54) is 37.7 Å². The highest BCUT2D eigenvalue weighted by Gasteiger charge is 2.37. The van der Waals surface area contributed by atoms with E-state index < -0.39 is 0 Å². The minimum atomic E-state index is -0.163. The fourth-order valence-corrected chi connectivity index (χ4v) is 8.23. The van der Waals surface area contributed by atoms with Crippen LogP contribution in [0.4, 0.5) is 0 Å². The van der Waals surface area contributed by atoms with Crippen molar-refractivity contribution >= 4 is 23.6 Å². The molecule has 0 N–H and O–H groups in total. The smallest absolute Gasteiger partial charge is 0.306 e. The van der Waals surface area contributed by atoms with Crippen LogP contribution in [-0.2, 0) is 51.5 Å². The van der Waals surface area contributed by atoms with E-state index >= 15 is 0 Å². The molecule has 1 aliphatic carbocycles. The van der Waals surface area contributed by atoms with Gasteiger partial charge in [0.25, 0.3) is 5.56 Å². The van der Waals surface area contributed by atoms with Crippen LogP contribution in [0, 0.1) is 5.92 Å². The lowest BCUT2D eigenvalue weighted by molar-refractivity contribution is -0.143. The van der Waals surface area contributed by atoms with E-state index in [2.05, 4.69) is 29.2 Å². The molecule has 238 valence electrons. The molecular formula is C34H46N4O5S. The van der Waals surface area contributed by atoms with Gasteiger partial charge in [0.1, 0.15) is 0 Å². The molecule has 3 aliphatic heterocycles. The first-order valence-corrected chi connectivity index (χ1v) is 17.5. The number of carbonyl (C=O) groups excluding carboxylic acids is 2. The Bertz CT molecular complexity index is 1360. The van der Waals surface area contributed by atoms with Crippen LogP contribution in [0.1, 0.15) is 80.7 Å². The highest BCUT2D eigenvalue weighted by Crippen LogP contribution is 2.34. The van der Waals surface area contributed by atoms with Crippen molar-refractivity contribution < 1.29 is 19.1 Å². The second kappa shape index (κ2) is 14.6. The van der Waals surface area contributed by atoms with Gasteiger partial charge >= 0.3 is 5.97 Å². The Morgan fingerprint density at radius 1 is 1.05 bits per heavy atom. The molecule has 6 rings (SSSR count). The Kier molecular flexibility index (Phi) is 10.4. The number of aryl methyl sites for hydroxylation is 1. The Morgan fingerprint density at radius 2 is 1.82 bits per heavy atom. The third-order valence-electron chi connectivity index (χ3n) is 9.49. The van der Waals surface area contributed by atoms with Crippen molar-refractivity contribution in [2.24, 2.45) is 5.92 Å². The summed E-state index contributed by atoms with van der Waals surface area (Å²) in [6.45, 7) is 6.75. The molecule has 10 heteroatoms. The van der Waals surface area contributed by atoms with Crippen molar-refractivity contribution in [1.29, 1.82) is 0 Å². The van der Waals surface area contributed by atoms with Gasteiger partial charge in [0.2, 0.25) is 5.91 Å². The lowest BCUT2D eigenvalue weighted by Crippen LogP contribution is -2.55. The summed E-state index contributed by atoms with van der Waals surface area (Å²) in [5.41, 5.74) is 3.90. The lowest BCUT2D eigenvalue weighted by Gasteiger charge is -2.41. The minimum absolute atomic E-state index is 0.0160. The van der Waals surface area contributed by atoms with Crippen LogP contribution < -0.4 is 5.56 Å². The number of rotatable bonds is 11. The van der Waals surface area contributed by atoms with E-state index in [-0.39, 0.29) is 29.5 Å². The van der Waals surface area contributed by atoms with E-state index in [0.29, 0.717) is 56.3 Å². The maximum absolute atomic E-state index is 14.0. The summed E-state index contributed by atoms with van der Waals surface area (Å²) in [5, 5.41) is 1.36. The number of carbonyl (C=O) groups is 2. The molecule has 0 unspecified atom stereocenters. The van der Waals surface area contributed by atoms with Crippen molar-refractivity contribution in [3.05, 3.63) is 57.0 Å². The maximum atomic E-state index is 14.0. The van der Waals surface area contributed by atoms with Gasteiger partial charge in [-0.3, -0.25) is 23.9 Å². The van der Waals surface area contributed by atoms with Crippen LogP contribution >= 0.6 is 11.8 Å². The summed E-state index contributed by atoms with van der Waals surface area (Å²) in [6, 6.07) is 8.35. The number of esters is 1. The van der Waals surface area contributed by atoms with Crippen LogP contribution in [0.3, 0.4) is 0 Å². The van der Waals surface area contributed by atoms with Crippen LogP contribution in [-0.4, -0.2) is 75.4 Å². The number of hydrogen-bond acceptors (Lipinski definition) is 8. The number of aromatic nitrogens is 2. The lowest BCUT2D eigenvalue weighted by atomic mass is 9.95. The SMILES string of the molecule is CCOC(=O)CCc1ccc(CN2CC(C(=O)N3CCc4nc(SC5CCCCC5)n(C[C@H]5CCCO5)c(=O)c4C3)C2)cc1. The third kappa shape index (κ3) is 7.57. The zero-order chi connectivity index (χ0) is 30.5. The van der Waals surface area contributed by atoms with Crippen molar-refractivity contribution in [2.75, 3.05) is 32.8 Å². The van der Waals surface area contributed by atoms with E-state index in [4.69, 9.17) is 14.5 Å². The average molecular weight is 623 g/mol. The molecular weight excluding hydrogens is 576 g/mol. The molecule has 0 radical (unpaired) electrons. The molecule has 1 aromatic heterocycles. The number of nitrogens with zero attached hydrogens (tertiary/aromatic N) is 4. The van der Waals surface area contributed by atoms with Crippen LogP contribution in [0.2, 0.25) is 0 Å². The summed E-state index contributed by atoms with van der Waals surface area (Å²) in [7, 11) is 0. The van der Waals surface area contributed by atoms with E-state index in [0.717, 1.165) is 55.5 Å². The fourth-order valence-electron chi connectivity index (χ4n) is 6.92. The van der Waals surface area contributed by atoms with Gasteiger partial charge < -0.3 is 14.4 Å². The number of fused-ring (bicyclic) bond motifs is 1. The van der Waals surface area contributed by atoms with Crippen LogP contribution in [0.15, 0.2) is 34.2 Å². The average Bonchev–Trinajstić information content (AvgIpc) is 3.54. The predicted molar refractivity (Wildman–Crippen MR) is 169 cm³/mol.